The summed E-state index contributed by atoms with van der Waals surface area (Å²) in [6.07, 6.45) is 4.11. The molecule has 0 unspecified atom stereocenters. The van der Waals surface area contributed by atoms with Crippen LogP contribution in [0.5, 0.6) is 0 Å². The summed E-state index contributed by atoms with van der Waals surface area (Å²) in [5, 5.41) is 3.34. The molecule has 0 saturated carbocycles. The number of aromatic nitrogens is 2. The van der Waals surface area contributed by atoms with Crippen LogP contribution in [0.1, 0.15) is 25.5 Å². The van der Waals surface area contributed by atoms with Gasteiger partial charge in [-0.2, -0.15) is 0 Å². The summed E-state index contributed by atoms with van der Waals surface area (Å²) in [6.45, 7) is 8.18. The Kier molecular flexibility index (Phi) is 7.44. The second-order valence-corrected chi connectivity index (χ2v) is 4.28. The lowest BCUT2D eigenvalue weighted by atomic mass is 10.4. The zero-order chi connectivity index (χ0) is 13.2. The third-order valence-corrected chi connectivity index (χ3v) is 2.53. The quantitative estimate of drug-likeness (QED) is 0.650. The molecule has 0 atom stereocenters. The maximum absolute atomic E-state index is 5.43. The number of nitrogens with zero attached hydrogens (tertiary/aromatic N) is 2. The summed E-state index contributed by atoms with van der Waals surface area (Å²) in [5.74, 6) is 0.917. The van der Waals surface area contributed by atoms with Crippen molar-refractivity contribution in [2.45, 2.75) is 33.2 Å². The smallest absolute Gasteiger partial charge is 0.203 e. The van der Waals surface area contributed by atoms with Gasteiger partial charge in [-0.05, 0) is 19.8 Å². The molecule has 0 aliphatic heterocycles. The van der Waals surface area contributed by atoms with Gasteiger partial charge >= 0.3 is 0 Å². The molecule has 0 radical (unpaired) electrons. The molecule has 1 heterocycles. The van der Waals surface area contributed by atoms with E-state index in [9.17, 15) is 0 Å². The topological polar surface area (TPSA) is 48.3 Å². The van der Waals surface area contributed by atoms with Crippen LogP contribution in [0.4, 0.5) is 5.95 Å². The van der Waals surface area contributed by atoms with E-state index in [1.54, 1.807) is 7.11 Å². The number of methoxy groups -OCH3 is 1. The minimum Gasteiger partial charge on any atom is -0.383 e. The standard InChI is InChI=1S/C13H25N3O2/c1-4-8-18-9-5-6-14-13-15-12(2)11-16(13)7-10-17-3/h11H,4-10H2,1-3H3,(H,14,15). The van der Waals surface area contributed by atoms with Gasteiger partial charge in [0.1, 0.15) is 0 Å². The molecule has 0 aliphatic rings. The van der Waals surface area contributed by atoms with Crippen LogP contribution in [0.25, 0.3) is 0 Å². The SMILES string of the molecule is CCCOCCCNc1nc(C)cn1CCOC. The first-order valence-electron chi connectivity index (χ1n) is 6.62. The molecule has 0 aliphatic carbocycles. The molecule has 0 fully saturated rings. The Morgan fingerprint density at radius 2 is 2.17 bits per heavy atom. The molecule has 0 bridgehead atoms. The highest BCUT2D eigenvalue weighted by atomic mass is 16.5. The number of rotatable bonds is 10. The zero-order valence-corrected chi connectivity index (χ0v) is 11.7. The molecular formula is C13H25N3O2. The Bertz CT molecular complexity index is 326. The van der Waals surface area contributed by atoms with Gasteiger partial charge in [0.15, 0.2) is 0 Å². The van der Waals surface area contributed by atoms with Gasteiger partial charge in [0.2, 0.25) is 5.95 Å². The molecule has 1 aromatic heterocycles. The van der Waals surface area contributed by atoms with Crippen molar-refractivity contribution >= 4 is 5.95 Å². The average molecular weight is 255 g/mol. The van der Waals surface area contributed by atoms with E-state index < -0.39 is 0 Å². The van der Waals surface area contributed by atoms with Crippen LogP contribution in [0.3, 0.4) is 0 Å². The van der Waals surface area contributed by atoms with Crippen LogP contribution in [0, 0.1) is 6.92 Å². The van der Waals surface area contributed by atoms with Gasteiger partial charge in [-0.15, -0.1) is 0 Å². The second-order valence-electron chi connectivity index (χ2n) is 4.28. The monoisotopic (exact) mass is 255 g/mol. The maximum atomic E-state index is 5.43. The van der Waals surface area contributed by atoms with Crippen LogP contribution in [-0.4, -0.2) is 43.0 Å². The fourth-order valence-electron chi connectivity index (χ4n) is 1.67. The van der Waals surface area contributed by atoms with Crippen LogP contribution in [-0.2, 0) is 16.0 Å². The summed E-state index contributed by atoms with van der Waals surface area (Å²) < 4.78 is 12.6. The van der Waals surface area contributed by atoms with Crippen molar-refractivity contribution < 1.29 is 9.47 Å². The van der Waals surface area contributed by atoms with Crippen molar-refractivity contribution in [2.75, 3.05) is 38.8 Å². The second kappa shape index (κ2) is 8.94. The third-order valence-electron chi connectivity index (χ3n) is 2.53. The number of ether oxygens (including phenoxy) is 2. The first-order valence-corrected chi connectivity index (χ1v) is 6.62. The summed E-state index contributed by atoms with van der Waals surface area (Å²) in [6, 6.07) is 0. The van der Waals surface area contributed by atoms with E-state index in [1.807, 2.05) is 13.1 Å². The highest BCUT2D eigenvalue weighted by molar-refractivity contribution is 5.28. The Hall–Kier alpha value is -1.07. The predicted molar refractivity (Wildman–Crippen MR) is 73.1 cm³/mol. The minimum absolute atomic E-state index is 0.699. The average Bonchev–Trinajstić information content (AvgIpc) is 2.71. The van der Waals surface area contributed by atoms with Gasteiger partial charge in [0, 0.05) is 39.6 Å². The number of aryl methyl sites for hydroxylation is 1. The summed E-state index contributed by atoms with van der Waals surface area (Å²) >= 11 is 0. The number of imidazole rings is 1. The lowest BCUT2D eigenvalue weighted by Gasteiger charge is -2.09. The van der Waals surface area contributed by atoms with Crippen LogP contribution >= 0.6 is 0 Å². The van der Waals surface area contributed by atoms with Gasteiger partial charge < -0.3 is 19.4 Å². The highest BCUT2D eigenvalue weighted by Crippen LogP contribution is 2.08. The molecule has 1 aromatic rings. The predicted octanol–water partition coefficient (Wildman–Crippen LogP) is 2.07. The lowest BCUT2D eigenvalue weighted by Crippen LogP contribution is -2.12. The van der Waals surface area contributed by atoms with Gasteiger partial charge in [0.05, 0.1) is 12.3 Å². The van der Waals surface area contributed by atoms with Crippen molar-refractivity contribution in [3.8, 4) is 0 Å². The van der Waals surface area contributed by atoms with E-state index in [0.717, 1.165) is 50.8 Å². The van der Waals surface area contributed by atoms with Gasteiger partial charge in [-0.25, -0.2) is 4.98 Å². The van der Waals surface area contributed by atoms with E-state index >= 15 is 0 Å². The normalized spacial score (nSPS) is 10.8. The van der Waals surface area contributed by atoms with Crippen molar-refractivity contribution in [2.24, 2.45) is 0 Å². The first-order chi connectivity index (χ1) is 8.77. The molecule has 0 aromatic carbocycles. The van der Waals surface area contributed by atoms with Gasteiger partial charge in [0.25, 0.3) is 0 Å². The third kappa shape index (κ3) is 5.51. The Morgan fingerprint density at radius 1 is 1.33 bits per heavy atom. The summed E-state index contributed by atoms with van der Waals surface area (Å²) in [7, 11) is 1.71. The number of hydrogen-bond acceptors (Lipinski definition) is 4. The molecule has 0 spiro atoms. The lowest BCUT2D eigenvalue weighted by molar-refractivity contribution is 0.134. The van der Waals surface area contributed by atoms with E-state index in [-0.39, 0.29) is 0 Å². The molecule has 1 N–H and O–H groups in total. The number of nitrogens with one attached hydrogen (secondary N) is 1. The van der Waals surface area contributed by atoms with E-state index in [0.29, 0.717) is 6.61 Å². The van der Waals surface area contributed by atoms with Crippen LogP contribution in [0.15, 0.2) is 6.20 Å². The number of anilines is 1. The van der Waals surface area contributed by atoms with Crippen molar-refractivity contribution in [3.63, 3.8) is 0 Å². The molecule has 1 rings (SSSR count). The van der Waals surface area contributed by atoms with E-state index in [4.69, 9.17) is 9.47 Å². The molecule has 0 saturated heterocycles. The molecular weight excluding hydrogens is 230 g/mol. The minimum atomic E-state index is 0.699. The largest absolute Gasteiger partial charge is 0.383 e. The Labute approximate surface area is 109 Å². The van der Waals surface area contributed by atoms with Gasteiger partial charge in [-0.3, -0.25) is 0 Å². The number of hydrogen-bond donors (Lipinski definition) is 1. The first kappa shape index (κ1) is 15.0. The highest BCUT2D eigenvalue weighted by Gasteiger charge is 2.04. The van der Waals surface area contributed by atoms with Crippen LogP contribution < -0.4 is 5.32 Å². The van der Waals surface area contributed by atoms with Crippen molar-refractivity contribution in [3.05, 3.63) is 11.9 Å². The molecule has 18 heavy (non-hydrogen) atoms. The zero-order valence-electron chi connectivity index (χ0n) is 11.7. The molecule has 5 nitrogen and oxygen atoms in total. The Balaban J connectivity index is 2.27. The van der Waals surface area contributed by atoms with E-state index in [1.165, 1.54) is 0 Å². The Morgan fingerprint density at radius 3 is 2.89 bits per heavy atom. The summed E-state index contributed by atoms with van der Waals surface area (Å²) in [5.41, 5.74) is 1.02. The van der Waals surface area contributed by atoms with Crippen molar-refractivity contribution in [1.29, 1.82) is 0 Å². The molecule has 5 heteroatoms. The molecule has 0 amide bonds. The van der Waals surface area contributed by atoms with Crippen molar-refractivity contribution in [1.82, 2.24) is 9.55 Å². The van der Waals surface area contributed by atoms with Crippen LogP contribution in [0.2, 0.25) is 0 Å². The summed E-state index contributed by atoms with van der Waals surface area (Å²) in [4.78, 5) is 4.45. The molecule has 104 valence electrons. The maximum Gasteiger partial charge on any atom is 0.203 e. The fraction of sp³-hybridized carbons (Fsp3) is 0.769. The fourth-order valence-corrected chi connectivity index (χ4v) is 1.67. The van der Waals surface area contributed by atoms with Gasteiger partial charge in [-0.1, -0.05) is 6.92 Å². The van der Waals surface area contributed by atoms with E-state index in [2.05, 4.69) is 21.8 Å².